The Balaban J connectivity index is 1.75. The fourth-order valence-electron chi connectivity index (χ4n) is 2.16. The third kappa shape index (κ3) is 8.24. The van der Waals surface area contributed by atoms with E-state index in [0.29, 0.717) is 6.61 Å². The zero-order valence-corrected chi connectivity index (χ0v) is 15.4. The van der Waals surface area contributed by atoms with Crippen LogP contribution in [-0.4, -0.2) is 6.54 Å². The van der Waals surface area contributed by atoms with Crippen molar-refractivity contribution in [2.45, 2.75) is 33.9 Å². The molecular weight excluding hydrogens is 306 g/mol. The molecule has 0 spiro atoms. The zero-order chi connectivity index (χ0) is 18.0. The summed E-state index contributed by atoms with van der Waals surface area (Å²) in [5, 5.41) is 3.39. The molecule has 2 nitrogen and oxygen atoms in total. The number of allylic oxidation sites excluding steroid dienone is 1. The van der Waals surface area contributed by atoms with Gasteiger partial charge in [-0.2, -0.15) is 0 Å². The van der Waals surface area contributed by atoms with E-state index in [4.69, 9.17) is 4.74 Å². The van der Waals surface area contributed by atoms with Gasteiger partial charge in [0.2, 0.25) is 0 Å². The number of rotatable bonds is 7. The van der Waals surface area contributed by atoms with Crippen LogP contribution in [0, 0.1) is 17.3 Å². The molecule has 0 amide bonds. The van der Waals surface area contributed by atoms with Crippen molar-refractivity contribution in [2.75, 3.05) is 6.54 Å². The first-order valence-electron chi connectivity index (χ1n) is 8.67. The first-order chi connectivity index (χ1) is 12.0. The fourth-order valence-corrected chi connectivity index (χ4v) is 2.16. The largest absolute Gasteiger partial charge is 0.489 e. The van der Waals surface area contributed by atoms with E-state index >= 15 is 0 Å². The predicted octanol–water partition coefficient (Wildman–Crippen LogP) is 4.96. The van der Waals surface area contributed by atoms with Gasteiger partial charge in [0.1, 0.15) is 12.4 Å². The Bertz CT molecular complexity index is 730. The van der Waals surface area contributed by atoms with E-state index in [-0.39, 0.29) is 5.41 Å². The van der Waals surface area contributed by atoms with Crippen LogP contribution >= 0.6 is 0 Å². The Morgan fingerprint density at radius 3 is 2.52 bits per heavy atom. The minimum atomic E-state index is 0.0535. The van der Waals surface area contributed by atoms with Gasteiger partial charge in [0.25, 0.3) is 0 Å². The lowest BCUT2D eigenvalue weighted by Gasteiger charge is -2.08. The molecule has 0 atom stereocenters. The van der Waals surface area contributed by atoms with Gasteiger partial charge in [-0.1, -0.05) is 60.4 Å². The maximum atomic E-state index is 5.86. The molecule has 2 heteroatoms. The molecule has 0 aliphatic carbocycles. The summed E-state index contributed by atoms with van der Waals surface area (Å²) in [4.78, 5) is 0. The van der Waals surface area contributed by atoms with Gasteiger partial charge < -0.3 is 10.1 Å². The zero-order valence-electron chi connectivity index (χ0n) is 15.4. The Hall–Kier alpha value is -2.50. The lowest BCUT2D eigenvalue weighted by Crippen LogP contribution is -2.12. The highest BCUT2D eigenvalue weighted by molar-refractivity contribution is 5.29. The molecule has 130 valence electrons. The summed E-state index contributed by atoms with van der Waals surface area (Å²) < 4.78 is 5.86. The quantitative estimate of drug-likeness (QED) is 0.571. The van der Waals surface area contributed by atoms with E-state index in [9.17, 15) is 0 Å². The number of hydrogen-bond donors (Lipinski definition) is 1. The van der Waals surface area contributed by atoms with Gasteiger partial charge in [-0.05, 0) is 50.1 Å². The van der Waals surface area contributed by atoms with Gasteiger partial charge in [0, 0.05) is 18.5 Å². The minimum absolute atomic E-state index is 0.0535. The maximum Gasteiger partial charge on any atom is 0.120 e. The molecule has 0 aliphatic rings. The Kier molecular flexibility index (Phi) is 7.32. The summed E-state index contributed by atoms with van der Waals surface area (Å²) in [6, 6.07) is 18.4. The van der Waals surface area contributed by atoms with Gasteiger partial charge in [0.15, 0.2) is 0 Å². The molecule has 0 saturated heterocycles. The number of benzene rings is 2. The van der Waals surface area contributed by atoms with Crippen LogP contribution in [0.25, 0.3) is 0 Å². The average molecular weight is 333 g/mol. The van der Waals surface area contributed by atoms with Gasteiger partial charge in [-0.25, -0.2) is 0 Å². The number of ether oxygens (including phenoxy) is 1. The van der Waals surface area contributed by atoms with Crippen LogP contribution in [0.5, 0.6) is 5.75 Å². The predicted molar refractivity (Wildman–Crippen MR) is 105 cm³/mol. The lowest BCUT2D eigenvalue weighted by molar-refractivity contribution is 0.306. The van der Waals surface area contributed by atoms with Crippen LogP contribution < -0.4 is 10.1 Å². The van der Waals surface area contributed by atoms with Crippen LogP contribution in [0.3, 0.4) is 0 Å². The van der Waals surface area contributed by atoms with Crippen molar-refractivity contribution in [1.29, 1.82) is 0 Å². The fraction of sp³-hybridized carbons (Fsp3) is 0.304. The van der Waals surface area contributed by atoms with E-state index in [1.165, 1.54) is 11.1 Å². The molecule has 25 heavy (non-hydrogen) atoms. The van der Waals surface area contributed by atoms with Crippen LogP contribution in [0.1, 0.15) is 31.9 Å². The van der Waals surface area contributed by atoms with Crippen molar-refractivity contribution in [2.24, 2.45) is 5.41 Å². The molecule has 0 aliphatic heterocycles. The average Bonchev–Trinajstić information content (AvgIpc) is 2.59. The molecule has 1 N–H and O–H groups in total. The summed E-state index contributed by atoms with van der Waals surface area (Å²) in [5.41, 5.74) is 2.44. The van der Waals surface area contributed by atoms with Gasteiger partial charge in [0.05, 0.1) is 0 Å². The maximum absolute atomic E-state index is 5.86. The van der Waals surface area contributed by atoms with Crippen molar-refractivity contribution in [3.8, 4) is 17.6 Å². The van der Waals surface area contributed by atoms with Crippen molar-refractivity contribution >= 4 is 0 Å². The van der Waals surface area contributed by atoms with Crippen molar-refractivity contribution in [3.05, 3.63) is 77.9 Å². The van der Waals surface area contributed by atoms with Crippen LogP contribution in [0.2, 0.25) is 0 Å². The van der Waals surface area contributed by atoms with Crippen molar-refractivity contribution in [3.63, 3.8) is 0 Å². The summed E-state index contributed by atoms with van der Waals surface area (Å²) in [6.45, 7) is 8.53. The van der Waals surface area contributed by atoms with Crippen molar-refractivity contribution in [1.82, 2.24) is 5.32 Å². The van der Waals surface area contributed by atoms with Gasteiger partial charge >= 0.3 is 0 Å². The second kappa shape index (κ2) is 9.71. The molecule has 0 aromatic heterocycles. The number of hydrogen-bond acceptors (Lipinski definition) is 2. The highest BCUT2D eigenvalue weighted by Gasteiger charge is 2.02. The third-order valence-electron chi connectivity index (χ3n) is 3.39. The van der Waals surface area contributed by atoms with Gasteiger partial charge in [-0.3, -0.25) is 0 Å². The van der Waals surface area contributed by atoms with E-state index < -0.39 is 0 Å². The minimum Gasteiger partial charge on any atom is -0.489 e. The van der Waals surface area contributed by atoms with Gasteiger partial charge in [-0.15, -0.1) is 0 Å². The molecule has 0 unspecified atom stereocenters. The van der Waals surface area contributed by atoms with Crippen LogP contribution in [0.4, 0.5) is 0 Å². The molecule has 2 aromatic carbocycles. The van der Waals surface area contributed by atoms with E-state index in [1.54, 1.807) is 0 Å². The Morgan fingerprint density at radius 1 is 1.00 bits per heavy atom. The van der Waals surface area contributed by atoms with Crippen LogP contribution in [0.15, 0.2) is 66.7 Å². The first-order valence-corrected chi connectivity index (χ1v) is 8.67. The summed E-state index contributed by atoms with van der Waals surface area (Å²) in [7, 11) is 0. The lowest BCUT2D eigenvalue weighted by atomic mass is 9.98. The molecule has 2 rings (SSSR count). The van der Waals surface area contributed by atoms with E-state index in [0.717, 1.165) is 18.8 Å². The molecule has 0 fully saturated rings. The normalized spacial score (nSPS) is 11.2. The number of nitrogens with one attached hydrogen (secondary N) is 1. The standard InChI is InChI=1S/C23H27NO/c1-23(2,3)15-8-5-9-16-24-18-21-13-10-14-22(17-21)25-19-20-11-6-4-7-12-20/h4-7,9-14,17,24H,16,18-19H2,1-3H3. The second-order valence-electron chi connectivity index (χ2n) is 6.97. The SMILES string of the molecule is CC(C)(C)C#CC=CCNCc1cccc(OCc2ccccc2)c1. The van der Waals surface area contributed by atoms with Crippen LogP contribution in [-0.2, 0) is 13.2 Å². The van der Waals surface area contributed by atoms with E-state index in [1.807, 2.05) is 36.4 Å². The molecule has 0 heterocycles. The molecule has 0 radical (unpaired) electrons. The monoisotopic (exact) mass is 333 g/mol. The molecular formula is C23H27NO. The smallest absolute Gasteiger partial charge is 0.120 e. The second-order valence-corrected chi connectivity index (χ2v) is 6.97. The molecule has 0 saturated carbocycles. The highest BCUT2D eigenvalue weighted by Crippen LogP contribution is 2.15. The van der Waals surface area contributed by atoms with E-state index in [2.05, 4.69) is 68.3 Å². The summed E-state index contributed by atoms with van der Waals surface area (Å²) in [5.74, 6) is 7.16. The topological polar surface area (TPSA) is 21.3 Å². The summed E-state index contributed by atoms with van der Waals surface area (Å²) >= 11 is 0. The molecule has 0 bridgehead atoms. The molecule has 2 aromatic rings. The first kappa shape index (κ1) is 18.8. The third-order valence-corrected chi connectivity index (χ3v) is 3.39. The highest BCUT2D eigenvalue weighted by atomic mass is 16.5. The Labute approximate surface area is 151 Å². The summed E-state index contributed by atoms with van der Waals surface area (Å²) in [6.07, 6.45) is 3.96. The Morgan fingerprint density at radius 2 is 1.76 bits per heavy atom. The van der Waals surface area contributed by atoms with Crippen molar-refractivity contribution < 1.29 is 4.74 Å².